The molecule has 0 aliphatic carbocycles. The average molecular weight is 347 g/mol. The van der Waals surface area contributed by atoms with Crippen molar-refractivity contribution < 1.29 is 28.7 Å². The lowest BCUT2D eigenvalue weighted by Crippen LogP contribution is -2.38. The summed E-state index contributed by atoms with van der Waals surface area (Å²) in [6.07, 6.45) is -0.794. The van der Waals surface area contributed by atoms with Crippen LogP contribution in [-0.4, -0.2) is 63.6 Å². The van der Waals surface area contributed by atoms with Gasteiger partial charge >= 0.3 is 7.82 Å². The van der Waals surface area contributed by atoms with Gasteiger partial charge in [-0.2, -0.15) is 0 Å². The van der Waals surface area contributed by atoms with Crippen LogP contribution in [0.2, 0.25) is 0 Å². The fourth-order valence-electron chi connectivity index (χ4n) is 2.90. The van der Waals surface area contributed by atoms with Gasteiger partial charge in [-0.15, -0.1) is 0 Å². The maximum absolute atomic E-state index is 11.0. The van der Waals surface area contributed by atoms with Crippen LogP contribution in [0, 0.1) is 0 Å². The van der Waals surface area contributed by atoms with Crippen LogP contribution in [0.4, 0.5) is 17.3 Å². The molecule has 23 heavy (non-hydrogen) atoms. The number of anilines is 3. The van der Waals surface area contributed by atoms with Crippen molar-refractivity contribution in [2.45, 2.75) is 24.9 Å². The van der Waals surface area contributed by atoms with E-state index < -0.39 is 32.9 Å². The molecule has 1 fully saturated rings. The van der Waals surface area contributed by atoms with Gasteiger partial charge in [0.05, 0.1) is 13.3 Å². The summed E-state index contributed by atoms with van der Waals surface area (Å²) in [5.74, 6) is 0.901. The summed E-state index contributed by atoms with van der Waals surface area (Å²) in [4.78, 5) is 29.7. The molecule has 0 saturated carbocycles. The van der Waals surface area contributed by atoms with E-state index >= 15 is 0 Å². The zero-order valence-electron chi connectivity index (χ0n) is 12.3. The van der Waals surface area contributed by atoms with Crippen molar-refractivity contribution >= 4 is 25.1 Å². The summed E-state index contributed by atoms with van der Waals surface area (Å²) in [6.45, 7) is 0.00723. The average Bonchev–Trinajstić information content (AvgIpc) is 2.99. The number of aliphatic hydroxyl groups excluding tert-OH is 1. The minimum Gasteiger partial charge on any atom is -0.394 e. The highest BCUT2D eigenvalue weighted by Crippen LogP contribution is 2.44. The Kier molecular flexibility index (Phi) is 4.17. The van der Waals surface area contributed by atoms with E-state index in [1.165, 1.54) is 6.33 Å². The molecule has 1 saturated heterocycles. The molecule has 0 radical (unpaired) electrons. The zero-order chi connectivity index (χ0) is 16.8. The molecule has 128 valence electrons. The molecule has 11 nitrogen and oxygen atoms in total. The second-order valence-electron chi connectivity index (χ2n) is 5.42. The standard InChI is InChI=1S/C11H18N5O6P/c1-15-5-16(11-9(15)10(12)13-4-14-11)8-2-6(7(3-17)21-8)22-23(18,19)20/h4,6-8,17H,2-3,5H2,1H3,(H2,12,13,14)(H2,18,19,20)/t6-,7+,8+/m0/s1. The first-order valence-electron chi connectivity index (χ1n) is 6.88. The van der Waals surface area contributed by atoms with Crippen LogP contribution in [0.1, 0.15) is 6.42 Å². The molecule has 2 aliphatic rings. The summed E-state index contributed by atoms with van der Waals surface area (Å²) in [7, 11) is -2.86. The third kappa shape index (κ3) is 3.11. The molecule has 1 aromatic rings. The van der Waals surface area contributed by atoms with Gasteiger partial charge in [-0.25, -0.2) is 14.5 Å². The van der Waals surface area contributed by atoms with Gasteiger partial charge in [0.15, 0.2) is 11.6 Å². The van der Waals surface area contributed by atoms with E-state index in [2.05, 4.69) is 9.97 Å². The molecule has 0 bridgehead atoms. The van der Waals surface area contributed by atoms with E-state index in [-0.39, 0.29) is 6.42 Å². The number of aromatic nitrogens is 2. The fourth-order valence-corrected chi connectivity index (χ4v) is 3.47. The molecule has 3 atom stereocenters. The maximum atomic E-state index is 11.0. The number of hydrogen-bond donors (Lipinski definition) is 4. The molecular weight excluding hydrogens is 329 g/mol. The van der Waals surface area contributed by atoms with Crippen molar-refractivity contribution in [3.8, 4) is 0 Å². The van der Waals surface area contributed by atoms with Crippen LogP contribution in [-0.2, 0) is 13.8 Å². The zero-order valence-corrected chi connectivity index (χ0v) is 13.2. The van der Waals surface area contributed by atoms with Gasteiger partial charge in [0, 0.05) is 13.5 Å². The lowest BCUT2D eigenvalue weighted by atomic mass is 10.2. The molecule has 2 aliphatic heterocycles. The number of phosphoric acid groups is 1. The minimum atomic E-state index is -4.68. The smallest absolute Gasteiger partial charge is 0.394 e. The summed E-state index contributed by atoms with van der Waals surface area (Å²) in [5, 5.41) is 9.35. The molecule has 1 aromatic heterocycles. The molecule has 0 amide bonds. The molecule has 3 heterocycles. The summed E-state index contributed by atoms with van der Waals surface area (Å²) < 4.78 is 21.4. The van der Waals surface area contributed by atoms with Crippen LogP contribution in [0.3, 0.4) is 0 Å². The van der Waals surface area contributed by atoms with Gasteiger partial charge in [0.1, 0.15) is 30.5 Å². The third-order valence-electron chi connectivity index (χ3n) is 3.83. The van der Waals surface area contributed by atoms with Gasteiger partial charge in [0.2, 0.25) is 0 Å². The number of ether oxygens (including phenoxy) is 1. The van der Waals surface area contributed by atoms with E-state index in [1.54, 1.807) is 4.90 Å². The predicted molar refractivity (Wildman–Crippen MR) is 79.5 cm³/mol. The lowest BCUT2D eigenvalue weighted by Gasteiger charge is -2.25. The van der Waals surface area contributed by atoms with Crippen LogP contribution in [0.5, 0.6) is 0 Å². The number of nitrogens with zero attached hydrogens (tertiary/aromatic N) is 4. The quantitative estimate of drug-likeness (QED) is 0.488. The molecule has 5 N–H and O–H groups in total. The Morgan fingerprint density at radius 3 is 2.91 bits per heavy atom. The van der Waals surface area contributed by atoms with Crippen LogP contribution < -0.4 is 15.5 Å². The first-order valence-corrected chi connectivity index (χ1v) is 8.41. The number of aliphatic hydroxyl groups is 1. The Bertz CT molecular complexity index is 641. The Morgan fingerprint density at radius 2 is 2.26 bits per heavy atom. The first-order chi connectivity index (χ1) is 10.8. The van der Waals surface area contributed by atoms with Crippen molar-refractivity contribution in [3.05, 3.63) is 6.33 Å². The van der Waals surface area contributed by atoms with Gasteiger partial charge in [-0.1, -0.05) is 0 Å². The van der Waals surface area contributed by atoms with Crippen LogP contribution in [0.25, 0.3) is 0 Å². The Morgan fingerprint density at radius 1 is 1.52 bits per heavy atom. The van der Waals surface area contributed by atoms with Gasteiger partial charge < -0.3 is 35.2 Å². The molecular formula is C11H18N5O6P. The summed E-state index contributed by atoms with van der Waals surface area (Å²) >= 11 is 0. The molecule has 3 rings (SSSR count). The second kappa shape index (κ2) is 5.86. The Labute approximate surface area is 131 Å². The highest BCUT2D eigenvalue weighted by molar-refractivity contribution is 7.46. The van der Waals surface area contributed by atoms with Crippen molar-refractivity contribution in [1.82, 2.24) is 9.97 Å². The van der Waals surface area contributed by atoms with E-state index in [0.717, 1.165) is 0 Å². The predicted octanol–water partition coefficient (Wildman–Crippen LogP) is -1.14. The van der Waals surface area contributed by atoms with Crippen molar-refractivity contribution in [1.29, 1.82) is 0 Å². The summed E-state index contributed by atoms with van der Waals surface area (Å²) in [5.41, 5.74) is 6.52. The number of nitrogen functional groups attached to an aromatic ring is 1. The summed E-state index contributed by atoms with van der Waals surface area (Å²) in [6, 6.07) is 0. The minimum absolute atomic E-state index is 0.174. The number of phosphoric ester groups is 1. The Hall–Kier alpha value is -1.49. The van der Waals surface area contributed by atoms with Gasteiger partial charge in [0.25, 0.3) is 0 Å². The van der Waals surface area contributed by atoms with E-state index in [0.29, 0.717) is 24.0 Å². The highest BCUT2D eigenvalue weighted by atomic mass is 31.2. The van der Waals surface area contributed by atoms with Crippen LogP contribution in [0.15, 0.2) is 6.33 Å². The SMILES string of the molecule is CN1CN([C@H]2C[C@H](OP(=O)(O)O)[C@@H](CO)O2)c2ncnc(N)c21. The van der Waals surface area contributed by atoms with E-state index in [4.69, 9.17) is 24.8 Å². The molecule has 0 aromatic carbocycles. The van der Waals surface area contributed by atoms with Gasteiger partial charge in [-0.3, -0.25) is 4.52 Å². The normalized spacial score (nSPS) is 27.6. The maximum Gasteiger partial charge on any atom is 0.469 e. The lowest BCUT2D eigenvalue weighted by molar-refractivity contribution is -0.0216. The number of nitrogens with two attached hydrogens (primary N) is 1. The molecule has 0 unspecified atom stereocenters. The van der Waals surface area contributed by atoms with Crippen molar-refractivity contribution in [3.63, 3.8) is 0 Å². The number of hydrogen-bond acceptors (Lipinski definition) is 9. The monoisotopic (exact) mass is 347 g/mol. The fraction of sp³-hybridized carbons (Fsp3) is 0.636. The largest absolute Gasteiger partial charge is 0.469 e. The highest BCUT2D eigenvalue weighted by Gasteiger charge is 2.44. The number of rotatable bonds is 4. The molecule has 0 spiro atoms. The topological polar surface area (TPSA) is 155 Å². The van der Waals surface area contributed by atoms with Crippen LogP contribution >= 0.6 is 7.82 Å². The Balaban J connectivity index is 1.82. The second-order valence-corrected chi connectivity index (χ2v) is 6.61. The first kappa shape index (κ1) is 16.4. The van der Waals surface area contributed by atoms with E-state index in [9.17, 15) is 9.67 Å². The molecule has 12 heteroatoms. The number of fused-ring (bicyclic) bond motifs is 1. The van der Waals surface area contributed by atoms with Gasteiger partial charge in [-0.05, 0) is 0 Å². The third-order valence-corrected chi connectivity index (χ3v) is 4.38. The van der Waals surface area contributed by atoms with Crippen molar-refractivity contribution in [2.75, 3.05) is 35.9 Å². The van der Waals surface area contributed by atoms with Crippen molar-refractivity contribution in [2.24, 2.45) is 0 Å². The van der Waals surface area contributed by atoms with E-state index in [1.807, 2.05) is 11.9 Å².